The Morgan fingerprint density at radius 1 is 1.23 bits per heavy atom. The van der Waals surface area contributed by atoms with Gasteiger partial charge in [-0.05, 0) is 0 Å². The van der Waals surface area contributed by atoms with Crippen LogP contribution < -0.4 is 14.2 Å². The van der Waals surface area contributed by atoms with Gasteiger partial charge in [0.25, 0.3) is 0 Å². The summed E-state index contributed by atoms with van der Waals surface area (Å²) in [6, 6.07) is 2.67. The van der Waals surface area contributed by atoms with Gasteiger partial charge in [0.1, 0.15) is 0 Å². The Hall–Kier alpha value is -1.73. The van der Waals surface area contributed by atoms with Crippen molar-refractivity contribution in [1.29, 1.82) is 0 Å². The summed E-state index contributed by atoms with van der Waals surface area (Å²) in [6.45, 7) is 3.58. The SMILES string of the molecule is COc1cc2c(cc1OC(F)(F)F)OC(C)(C)c1nn[se]c1-2. The average molecular weight is 379 g/mol. The Labute approximate surface area is 130 Å². The molecule has 0 amide bonds. The second kappa shape index (κ2) is 4.89. The number of aromatic nitrogens is 2. The summed E-state index contributed by atoms with van der Waals surface area (Å²) in [5, 5.41) is 4.10. The first-order valence-corrected chi connectivity index (χ1v) is 7.83. The Morgan fingerprint density at radius 3 is 2.59 bits per heavy atom. The third-order valence-corrected chi connectivity index (χ3v) is 4.75. The zero-order valence-corrected chi connectivity index (χ0v) is 13.5. The van der Waals surface area contributed by atoms with Crippen LogP contribution in [0.1, 0.15) is 19.5 Å². The van der Waals surface area contributed by atoms with Gasteiger partial charge in [-0.15, -0.1) is 0 Å². The Morgan fingerprint density at radius 2 is 1.95 bits per heavy atom. The maximum atomic E-state index is 12.5. The second-order valence-corrected chi connectivity index (χ2v) is 6.69. The molecule has 1 aromatic heterocycles. The fraction of sp³-hybridized carbons (Fsp3) is 0.385. The molecule has 118 valence electrons. The molecule has 0 saturated carbocycles. The first-order chi connectivity index (χ1) is 10.2. The molecule has 1 aliphatic heterocycles. The molecule has 0 bridgehead atoms. The van der Waals surface area contributed by atoms with Crippen molar-refractivity contribution >= 4 is 14.7 Å². The number of hydrogen-bond acceptors (Lipinski definition) is 5. The van der Waals surface area contributed by atoms with E-state index in [1.165, 1.54) is 19.2 Å². The van der Waals surface area contributed by atoms with Crippen LogP contribution in [0.15, 0.2) is 12.1 Å². The van der Waals surface area contributed by atoms with Crippen molar-refractivity contribution in [3.63, 3.8) is 0 Å². The van der Waals surface area contributed by atoms with Gasteiger partial charge in [-0.25, -0.2) is 0 Å². The molecule has 0 spiro atoms. The van der Waals surface area contributed by atoms with Crippen LogP contribution in [-0.2, 0) is 5.60 Å². The van der Waals surface area contributed by atoms with Crippen molar-refractivity contribution < 1.29 is 27.4 Å². The molecule has 5 nitrogen and oxygen atoms in total. The standard InChI is InChI=1S/C13H11F3N2O3Se/c1-12(2)11-10(22-18-17-11)6-4-8(19-3)9(5-7(6)20-12)21-13(14,15)16/h4-5H,1-3H3. The van der Waals surface area contributed by atoms with Gasteiger partial charge < -0.3 is 0 Å². The Balaban J connectivity index is 2.16. The second-order valence-electron chi connectivity index (χ2n) is 5.11. The summed E-state index contributed by atoms with van der Waals surface area (Å²) in [4.78, 5) is 0. The topological polar surface area (TPSA) is 53.5 Å². The zero-order valence-electron chi connectivity index (χ0n) is 11.8. The van der Waals surface area contributed by atoms with Gasteiger partial charge in [-0.3, -0.25) is 0 Å². The molecule has 1 aromatic carbocycles. The maximum absolute atomic E-state index is 12.5. The van der Waals surface area contributed by atoms with Crippen LogP contribution in [0.4, 0.5) is 13.2 Å². The van der Waals surface area contributed by atoms with Crippen LogP contribution in [0.25, 0.3) is 10.0 Å². The number of nitrogens with zero attached hydrogens (tertiary/aromatic N) is 2. The Bertz CT molecular complexity index is 728. The van der Waals surface area contributed by atoms with Gasteiger partial charge >= 0.3 is 129 Å². The molecule has 9 heteroatoms. The number of halogens is 3. The molecular formula is C13H11F3N2O3Se. The molecular weight excluding hydrogens is 368 g/mol. The van der Waals surface area contributed by atoms with Crippen molar-refractivity contribution in [3.05, 3.63) is 17.8 Å². The van der Waals surface area contributed by atoms with Crippen molar-refractivity contribution in [2.75, 3.05) is 7.11 Å². The summed E-state index contributed by atoms with van der Waals surface area (Å²) in [6.07, 6.45) is -4.81. The number of methoxy groups -OCH3 is 1. The van der Waals surface area contributed by atoms with Gasteiger partial charge in [-0.1, -0.05) is 0 Å². The molecule has 0 unspecified atom stereocenters. The van der Waals surface area contributed by atoms with E-state index < -0.39 is 17.7 Å². The van der Waals surface area contributed by atoms with Crippen molar-refractivity contribution in [2.24, 2.45) is 0 Å². The first-order valence-electron chi connectivity index (χ1n) is 6.21. The molecule has 22 heavy (non-hydrogen) atoms. The normalized spacial score (nSPS) is 15.5. The van der Waals surface area contributed by atoms with Crippen LogP contribution >= 0.6 is 0 Å². The van der Waals surface area contributed by atoms with Crippen LogP contribution in [-0.4, -0.2) is 37.4 Å². The predicted octanol–water partition coefficient (Wildman–Crippen LogP) is 2.74. The number of hydrogen-bond donors (Lipinski definition) is 0. The van der Waals surface area contributed by atoms with Crippen molar-refractivity contribution in [2.45, 2.75) is 25.8 Å². The van der Waals surface area contributed by atoms with E-state index in [0.29, 0.717) is 17.0 Å². The van der Waals surface area contributed by atoms with Gasteiger partial charge in [0.2, 0.25) is 0 Å². The summed E-state index contributed by atoms with van der Waals surface area (Å²) in [5.41, 5.74) is 0.589. The number of ether oxygens (including phenoxy) is 3. The van der Waals surface area contributed by atoms with E-state index in [2.05, 4.69) is 13.9 Å². The van der Waals surface area contributed by atoms with E-state index >= 15 is 0 Å². The molecule has 0 aliphatic carbocycles. The van der Waals surface area contributed by atoms with E-state index in [0.717, 1.165) is 4.44 Å². The zero-order chi connectivity index (χ0) is 16.1. The molecule has 3 rings (SSSR count). The molecule has 0 radical (unpaired) electrons. The average Bonchev–Trinajstić information content (AvgIpc) is 2.86. The monoisotopic (exact) mass is 380 g/mol. The number of benzene rings is 1. The Kier molecular flexibility index (Phi) is 3.37. The van der Waals surface area contributed by atoms with Crippen molar-refractivity contribution in [1.82, 2.24) is 9.19 Å². The third kappa shape index (κ3) is 2.55. The van der Waals surface area contributed by atoms with E-state index in [9.17, 15) is 13.2 Å². The molecule has 1 aliphatic rings. The van der Waals surface area contributed by atoms with Gasteiger partial charge in [0.05, 0.1) is 0 Å². The van der Waals surface area contributed by atoms with Gasteiger partial charge in [-0.2, -0.15) is 0 Å². The molecule has 2 heterocycles. The minimum atomic E-state index is -4.81. The van der Waals surface area contributed by atoms with Crippen LogP contribution in [0.5, 0.6) is 17.2 Å². The molecule has 0 fully saturated rings. The molecule has 2 aromatic rings. The first kappa shape index (κ1) is 15.2. The number of rotatable bonds is 2. The molecule has 0 saturated heterocycles. The minimum absolute atomic E-state index is 0.0195. The van der Waals surface area contributed by atoms with Crippen LogP contribution in [0, 0.1) is 0 Å². The number of alkyl halides is 3. The van der Waals surface area contributed by atoms with Gasteiger partial charge in [0, 0.05) is 0 Å². The van der Waals surface area contributed by atoms with E-state index in [-0.39, 0.29) is 20.5 Å². The fourth-order valence-corrected chi connectivity index (χ4v) is 4.00. The summed E-state index contributed by atoms with van der Waals surface area (Å²) in [7, 11) is 1.28. The molecule has 0 atom stereocenters. The number of fused-ring (bicyclic) bond motifs is 3. The summed E-state index contributed by atoms with van der Waals surface area (Å²) in [5.74, 6) is -0.153. The quantitative estimate of drug-likeness (QED) is 0.752. The summed E-state index contributed by atoms with van der Waals surface area (Å²) >= 11 is -0.234. The van der Waals surface area contributed by atoms with Crippen molar-refractivity contribution in [3.8, 4) is 27.2 Å². The van der Waals surface area contributed by atoms with E-state index in [1.807, 2.05) is 0 Å². The fourth-order valence-electron chi connectivity index (χ4n) is 2.25. The predicted molar refractivity (Wildman–Crippen MR) is 71.3 cm³/mol. The summed E-state index contributed by atoms with van der Waals surface area (Å²) < 4.78 is 57.2. The van der Waals surface area contributed by atoms with E-state index in [4.69, 9.17) is 9.47 Å². The third-order valence-electron chi connectivity index (χ3n) is 3.16. The van der Waals surface area contributed by atoms with Gasteiger partial charge in [0.15, 0.2) is 0 Å². The van der Waals surface area contributed by atoms with Crippen LogP contribution in [0.3, 0.4) is 0 Å². The molecule has 0 N–H and O–H groups in total. The van der Waals surface area contributed by atoms with Crippen LogP contribution in [0.2, 0.25) is 0 Å². The van der Waals surface area contributed by atoms with E-state index in [1.54, 1.807) is 13.8 Å².